The lowest BCUT2D eigenvalue weighted by atomic mass is 9.93. The number of fused-ring (bicyclic) bond motifs is 1. The number of ether oxygens (including phenoxy) is 2. The van der Waals surface area contributed by atoms with Crippen LogP contribution in [0, 0.1) is 5.82 Å². The van der Waals surface area contributed by atoms with Crippen LogP contribution in [0.4, 0.5) is 4.39 Å². The summed E-state index contributed by atoms with van der Waals surface area (Å²) in [5.74, 6) is -0.132. The molecule has 5 heteroatoms. The molecule has 32 heavy (non-hydrogen) atoms. The number of hydrogen-bond acceptors (Lipinski definition) is 3. The summed E-state index contributed by atoms with van der Waals surface area (Å²) in [4.78, 5) is 11.1. The van der Waals surface area contributed by atoms with Crippen molar-refractivity contribution in [2.75, 3.05) is 7.11 Å². The van der Waals surface area contributed by atoms with E-state index in [0.29, 0.717) is 5.56 Å². The lowest BCUT2D eigenvalue weighted by molar-refractivity contribution is -0.137. The number of carbonyl (C=O) groups is 1. The highest BCUT2D eigenvalue weighted by Gasteiger charge is 2.25. The van der Waals surface area contributed by atoms with E-state index in [4.69, 9.17) is 14.6 Å². The summed E-state index contributed by atoms with van der Waals surface area (Å²) in [5, 5.41) is 9.10. The van der Waals surface area contributed by atoms with E-state index in [1.165, 1.54) is 12.7 Å². The summed E-state index contributed by atoms with van der Waals surface area (Å²) in [7, 11) is 1.47. The number of carboxylic acid groups (broad SMARTS) is 1. The molecule has 0 saturated heterocycles. The molecule has 3 aromatic carbocycles. The summed E-state index contributed by atoms with van der Waals surface area (Å²) >= 11 is 0. The van der Waals surface area contributed by atoms with E-state index >= 15 is 0 Å². The number of rotatable bonds is 8. The van der Waals surface area contributed by atoms with Crippen LogP contribution in [0.5, 0.6) is 11.5 Å². The molecule has 0 fully saturated rings. The van der Waals surface area contributed by atoms with Crippen molar-refractivity contribution in [2.45, 2.75) is 44.6 Å². The molecule has 0 bridgehead atoms. The van der Waals surface area contributed by atoms with Gasteiger partial charge in [-0.25, -0.2) is 4.39 Å². The maximum absolute atomic E-state index is 14.7. The second-order valence-corrected chi connectivity index (χ2v) is 8.15. The zero-order valence-electron chi connectivity index (χ0n) is 18.3. The first-order chi connectivity index (χ1) is 15.5. The summed E-state index contributed by atoms with van der Waals surface area (Å²) in [6.07, 6.45) is 2.58. The third kappa shape index (κ3) is 4.47. The van der Waals surface area contributed by atoms with Crippen molar-refractivity contribution in [3.05, 3.63) is 83.2 Å². The van der Waals surface area contributed by atoms with Crippen LogP contribution in [-0.2, 0) is 11.2 Å². The highest BCUT2D eigenvalue weighted by Crippen LogP contribution is 2.38. The second kappa shape index (κ2) is 9.43. The molecule has 0 spiro atoms. The van der Waals surface area contributed by atoms with Crippen molar-refractivity contribution in [3.8, 4) is 22.6 Å². The summed E-state index contributed by atoms with van der Waals surface area (Å²) < 4.78 is 26.0. The smallest absolute Gasteiger partial charge is 0.303 e. The van der Waals surface area contributed by atoms with Gasteiger partial charge in [-0.3, -0.25) is 4.79 Å². The van der Waals surface area contributed by atoms with E-state index in [1.54, 1.807) is 18.2 Å². The Bertz CT molecular complexity index is 1110. The van der Waals surface area contributed by atoms with Gasteiger partial charge in [0, 0.05) is 5.56 Å². The van der Waals surface area contributed by atoms with E-state index in [1.807, 2.05) is 49.4 Å². The van der Waals surface area contributed by atoms with Crippen LogP contribution in [0.15, 0.2) is 60.7 Å². The van der Waals surface area contributed by atoms with Crippen LogP contribution in [0.2, 0.25) is 0 Å². The van der Waals surface area contributed by atoms with Gasteiger partial charge in [0.25, 0.3) is 0 Å². The highest BCUT2D eigenvalue weighted by molar-refractivity contribution is 5.68. The van der Waals surface area contributed by atoms with Gasteiger partial charge in [-0.05, 0) is 65.6 Å². The van der Waals surface area contributed by atoms with E-state index in [9.17, 15) is 9.18 Å². The van der Waals surface area contributed by atoms with Gasteiger partial charge >= 0.3 is 5.97 Å². The SMILES string of the molecule is CC[C@H](CC(=O)O)c1ccc(OC2CCc3cc(-c4cccc(OC)c4F)ccc32)cc1. The number of carboxylic acids is 1. The molecule has 0 saturated carbocycles. The summed E-state index contributed by atoms with van der Waals surface area (Å²) in [6, 6.07) is 18.9. The summed E-state index contributed by atoms with van der Waals surface area (Å²) in [6.45, 7) is 2.00. The van der Waals surface area contributed by atoms with Crippen molar-refractivity contribution in [1.82, 2.24) is 0 Å². The van der Waals surface area contributed by atoms with Crippen LogP contribution < -0.4 is 9.47 Å². The Balaban J connectivity index is 1.50. The fourth-order valence-corrected chi connectivity index (χ4v) is 4.45. The number of benzene rings is 3. The predicted molar refractivity (Wildman–Crippen MR) is 122 cm³/mol. The molecule has 1 unspecified atom stereocenters. The van der Waals surface area contributed by atoms with Gasteiger partial charge in [0.05, 0.1) is 13.5 Å². The summed E-state index contributed by atoms with van der Waals surface area (Å²) in [5.41, 5.74) is 4.66. The molecule has 1 aliphatic rings. The lowest BCUT2D eigenvalue weighted by Gasteiger charge is -2.17. The third-order valence-electron chi connectivity index (χ3n) is 6.20. The fourth-order valence-electron chi connectivity index (χ4n) is 4.45. The average Bonchev–Trinajstić information content (AvgIpc) is 3.20. The molecule has 2 atom stereocenters. The molecule has 0 aliphatic heterocycles. The minimum Gasteiger partial charge on any atom is -0.494 e. The predicted octanol–water partition coefficient (Wildman–Crippen LogP) is 6.54. The Kier molecular flexibility index (Phi) is 6.45. The number of aliphatic carboxylic acids is 1. The first kappa shape index (κ1) is 21.9. The molecular formula is C27H27FO4. The Morgan fingerprint density at radius 3 is 2.62 bits per heavy atom. The Morgan fingerprint density at radius 2 is 1.94 bits per heavy atom. The van der Waals surface area contributed by atoms with Crippen molar-refractivity contribution >= 4 is 5.97 Å². The number of methoxy groups -OCH3 is 1. The van der Waals surface area contributed by atoms with Gasteiger partial charge in [-0.1, -0.05) is 49.4 Å². The van der Waals surface area contributed by atoms with Gasteiger partial charge < -0.3 is 14.6 Å². The Hall–Kier alpha value is -3.34. The minimum absolute atomic E-state index is 0.00387. The average molecular weight is 435 g/mol. The fraction of sp³-hybridized carbons (Fsp3) is 0.296. The maximum Gasteiger partial charge on any atom is 0.303 e. The van der Waals surface area contributed by atoms with Crippen LogP contribution >= 0.6 is 0 Å². The zero-order chi connectivity index (χ0) is 22.7. The van der Waals surface area contributed by atoms with Gasteiger partial charge in [0.1, 0.15) is 11.9 Å². The van der Waals surface area contributed by atoms with Crippen LogP contribution in [-0.4, -0.2) is 18.2 Å². The van der Waals surface area contributed by atoms with Gasteiger partial charge in [-0.15, -0.1) is 0 Å². The number of halogens is 1. The normalized spacial score (nSPS) is 15.8. The molecule has 1 N–H and O–H groups in total. The topological polar surface area (TPSA) is 55.8 Å². The van der Waals surface area contributed by atoms with Crippen molar-refractivity contribution in [1.29, 1.82) is 0 Å². The lowest BCUT2D eigenvalue weighted by Crippen LogP contribution is -2.06. The first-order valence-electron chi connectivity index (χ1n) is 10.9. The first-order valence-corrected chi connectivity index (χ1v) is 10.9. The molecule has 0 amide bonds. The highest BCUT2D eigenvalue weighted by atomic mass is 19.1. The van der Waals surface area contributed by atoms with Crippen molar-refractivity contribution < 1.29 is 23.8 Å². The molecule has 4 rings (SSSR count). The quantitative estimate of drug-likeness (QED) is 0.438. The van der Waals surface area contributed by atoms with E-state index in [-0.39, 0.29) is 30.0 Å². The number of hydrogen-bond donors (Lipinski definition) is 1. The molecule has 4 nitrogen and oxygen atoms in total. The molecular weight excluding hydrogens is 407 g/mol. The van der Waals surface area contributed by atoms with Crippen LogP contribution in [0.3, 0.4) is 0 Å². The van der Waals surface area contributed by atoms with E-state index in [0.717, 1.165) is 41.7 Å². The Morgan fingerprint density at radius 1 is 1.16 bits per heavy atom. The van der Waals surface area contributed by atoms with Crippen molar-refractivity contribution in [2.24, 2.45) is 0 Å². The molecule has 0 aromatic heterocycles. The van der Waals surface area contributed by atoms with Crippen LogP contribution in [0.1, 0.15) is 54.9 Å². The Labute approximate surface area is 187 Å². The molecule has 0 radical (unpaired) electrons. The molecule has 3 aromatic rings. The molecule has 166 valence electrons. The molecule has 0 heterocycles. The minimum atomic E-state index is -0.784. The standard InChI is InChI=1S/C27H27FO4/c1-3-17(16-26(29)30)18-7-11-21(12-8-18)32-24-14-10-19-15-20(9-13-22(19)24)23-5-4-6-25(31-2)27(23)28/h4-9,11-13,15,17,24H,3,10,14,16H2,1-2H3,(H,29,30)/t17-,24?/m1/s1. The van der Waals surface area contributed by atoms with E-state index < -0.39 is 5.97 Å². The van der Waals surface area contributed by atoms with Gasteiger partial charge in [0.15, 0.2) is 11.6 Å². The monoisotopic (exact) mass is 434 g/mol. The second-order valence-electron chi connectivity index (χ2n) is 8.15. The molecule has 1 aliphatic carbocycles. The van der Waals surface area contributed by atoms with Gasteiger partial charge in [0.2, 0.25) is 0 Å². The maximum atomic E-state index is 14.7. The van der Waals surface area contributed by atoms with Gasteiger partial charge in [-0.2, -0.15) is 0 Å². The largest absolute Gasteiger partial charge is 0.494 e. The third-order valence-corrected chi connectivity index (χ3v) is 6.20. The number of aryl methyl sites for hydroxylation is 1. The van der Waals surface area contributed by atoms with Crippen molar-refractivity contribution in [3.63, 3.8) is 0 Å². The van der Waals surface area contributed by atoms with Crippen LogP contribution in [0.25, 0.3) is 11.1 Å². The zero-order valence-corrected chi connectivity index (χ0v) is 18.3. The van der Waals surface area contributed by atoms with E-state index in [2.05, 4.69) is 0 Å².